The molecule has 0 spiro atoms. The summed E-state index contributed by atoms with van der Waals surface area (Å²) in [6, 6.07) is 14.6. The van der Waals surface area contributed by atoms with Gasteiger partial charge >= 0.3 is 0 Å². The summed E-state index contributed by atoms with van der Waals surface area (Å²) >= 11 is 0. The highest BCUT2D eigenvalue weighted by molar-refractivity contribution is 5.96. The minimum Gasteiger partial charge on any atom is -0.493 e. The van der Waals surface area contributed by atoms with Crippen molar-refractivity contribution in [3.8, 4) is 11.5 Å². The van der Waals surface area contributed by atoms with Gasteiger partial charge in [-0.2, -0.15) is 0 Å². The van der Waals surface area contributed by atoms with Crippen LogP contribution in [-0.4, -0.2) is 45.2 Å². The molecule has 0 saturated carbocycles. The highest BCUT2D eigenvalue weighted by Gasteiger charge is 2.19. The molecule has 0 unspecified atom stereocenters. The zero-order chi connectivity index (χ0) is 18.4. The number of nitrogens with one attached hydrogen (secondary N) is 2. The Morgan fingerprint density at radius 2 is 1.88 bits per heavy atom. The van der Waals surface area contributed by atoms with Crippen molar-refractivity contribution in [2.75, 3.05) is 43.6 Å². The molecule has 2 aromatic rings. The van der Waals surface area contributed by atoms with Crippen molar-refractivity contribution in [1.82, 2.24) is 5.32 Å². The molecule has 0 bridgehead atoms. The van der Waals surface area contributed by atoms with E-state index in [-0.39, 0.29) is 25.0 Å². The first-order chi connectivity index (χ1) is 12.7. The normalized spacial score (nSPS) is 13.7. The van der Waals surface area contributed by atoms with E-state index in [0.29, 0.717) is 30.3 Å². The monoisotopic (exact) mass is 355 g/mol. The number of methoxy groups -OCH3 is 1. The van der Waals surface area contributed by atoms with Gasteiger partial charge in [0.25, 0.3) is 5.91 Å². The summed E-state index contributed by atoms with van der Waals surface area (Å²) in [5, 5.41) is 5.64. The van der Waals surface area contributed by atoms with E-state index in [1.165, 1.54) is 0 Å². The van der Waals surface area contributed by atoms with Gasteiger partial charge in [-0.25, -0.2) is 0 Å². The van der Waals surface area contributed by atoms with Gasteiger partial charge in [-0.3, -0.25) is 9.59 Å². The summed E-state index contributed by atoms with van der Waals surface area (Å²) in [7, 11) is 1.55. The van der Waals surface area contributed by atoms with Crippen LogP contribution in [0.1, 0.15) is 0 Å². The van der Waals surface area contributed by atoms with Gasteiger partial charge in [0.05, 0.1) is 25.0 Å². The minimum atomic E-state index is -0.287. The lowest BCUT2D eigenvalue weighted by Gasteiger charge is -2.30. The van der Waals surface area contributed by atoms with Crippen molar-refractivity contribution in [2.24, 2.45) is 0 Å². The molecule has 0 aliphatic carbocycles. The Labute approximate surface area is 151 Å². The van der Waals surface area contributed by atoms with E-state index >= 15 is 0 Å². The van der Waals surface area contributed by atoms with Crippen molar-refractivity contribution in [1.29, 1.82) is 0 Å². The Bertz CT molecular complexity index is 794. The fourth-order valence-corrected chi connectivity index (χ4v) is 2.77. The second kappa shape index (κ2) is 8.24. The molecule has 0 aromatic heterocycles. The van der Waals surface area contributed by atoms with Gasteiger partial charge in [0.15, 0.2) is 18.1 Å². The van der Waals surface area contributed by atoms with Gasteiger partial charge in [-0.1, -0.05) is 24.3 Å². The standard InChI is InChI=1S/C19H21N3O4/c1-25-16-8-4-5-9-17(16)26-13-19(24)21-14-6-2-3-7-15(14)22-11-10-20-18(23)12-22/h2-9H,10-13H2,1H3,(H,20,23)(H,21,24). The molecular weight excluding hydrogens is 334 g/mol. The Balaban J connectivity index is 1.65. The first-order valence-electron chi connectivity index (χ1n) is 8.33. The van der Waals surface area contributed by atoms with E-state index in [4.69, 9.17) is 9.47 Å². The molecule has 26 heavy (non-hydrogen) atoms. The SMILES string of the molecule is COc1ccccc1OCC(=O)Nc1ccccc1N1CCNC(=O)C1. The predicted molar refractivity (Wildman–Crippen MR) is 98.8 cm³/mol. The molecule has 1 fully saturated rings. The van der Waals surface area contributed by atoms with Gasteiger partial charge in [0, 0.05) is 13.1 Å². The molecular formula is C19H21N3O4. The van der Waals surface area contributed by atoms with Crippen LogP contribution in [0.4, 0.5) is 11.4 Å². The molecule has 2 N–H and O–H groups in total. The van der Waals surface area contributed by atoms with Crippen LogP contribution in [0.2, 0.25) is 0 Å². The Morgan fingerprint density at radius 1 is 1.15 bits per heavy atom. The second-order valence-electron chi connectivity index (χ2n) is 5.78. The van der Waals surface area contributed by atoms with E-state index in [2.05, 4.69) is 10.6 Å². The van der Waals surface area contributed by atoms with Crippen LogP contribution in [0, 0.1) is 0 Å². The second-order valence-corrected chi connectivity index (χ2v) is 5.78. The Hall–Kier alpha value is -3.22. The number of para-hydroxylation sites is 4. The van der Waals surface area contributed by atoms with Crippen LogP contribution >= 0.6 is 0 Å². The first-order valence-corrected chi connectivity index (χ1v) is 8.33. The van der Waals surface area contributed by atoms with Gasteiger partial charge in [0.2, 0.25) is 5.91 Å². The lowest BCUT2D eigenvalue weighted by molar-refractivity contribution is -0.120. The van der Waals surface area contributed by atoms with Crippen LogP contribution in [0.25, 0.3) is 0 Å². The van der Waals surface area contributed by atoms with Crippen molar-refractivity contribution >= 4 is 23.2 Å². The number of nitrogens with zero attached hydrogens (tertiary/aromatic N) is 1. The van der Waals surface area contributed by atoms with E-state index < -0.39 is 0 Å². The molecule has 136 valence electrons. The fourth-order valence-electron chi connectivity index (χ4n) is 2.77. The lowest BCUT2D eigenvalue weighted by atomic mass is 10.2. The van der Waals surface area contributed by atoms with Crippen molar-refractivity contribution in [3.63, 3.8) is 0 Å². The summed E-state index contributed by atoms with van der Waals surface area (Å²) in [5.41, 5.74) is 1.46. The van der Waals surface area contributed by atoms with Gasteiger partial charge in [0.1, 0.15) is 0 Å². The van der Waals surface area contributed by atoms with Crippen LogP contribution in [0.5, 0.6) is 11.5 Å². The molecule has 1 aliphatic heterocycles. The number of piperazine rings is 1. The molecule has 2 amide bonds. The highest BCUT2D eigenvalue weighted by Crippen LogP contribution is 2.27. The molecule has 1 heterocycles. The fraction of sp³-hybridized carbons (Fsp3) is 0.263. The number of carbonyl (C=O) groups excluding carboxylic acids is 2. The zero-order valence-electron chi connectivity index (χ0n) is 14.5. The van der Waals surface area contributed by atoms with Crippen molar-refractivity contribution < 1.29 is 19.1 Å². The maximum atomic E-state index is 12.3. The number of benzene rings is 2. The maximum Gasteiger partial charge on any atom is 0.262 e. The third-order valence-electron chi connectivity index (χ3n) is 3.99. The molecule has 1 saturated heterocycles. The Kier molecular flexibility index (Phi) is 5.58. The average molecular weight is 355 g/mol. The lowest BCUT2D eigenvalue weighted by Crippen LogP contribution is -2.48. The van der Waals surface area contributed by atoms with Crippen LogP contribution in [0.15, 0.2) is 48.5 Å². The summed E-state index contributed by atoms with van der Waals surface area (Å²) in [4.78, 5) is 25.9. The van der Waals surface area contributed by atoms with Crippen LogP contribution in [-0.2, 0) is 9.59 Å². The van der Waals surface area contributed by atoms with E-state index in [0.717, 1.165) is 5.69 Å². The molecule has 7 nitrogen and oxygen atoms in total. The number of hydrogen-bond acceptors (Lipinski definition) is 5. The third-order valence-corrected chi connectivity index (χ3v) is 3.99. The smallest absolute Gasteiger partial charge is 0.262 e. The quantitative estimate of drug-likeness (QED) is 0.824. The van der Waals surface area contributed by atoms with E-state index in [1.807, 2.05) is 41.3 Å². The molecule has 1 aliphatic rings. The van der Waals surface area contributed by atoms with Crippen molar-refractivity contribution in [2.45, 2.75) is 0 Å². The third kappa shape index (κ3) is 4.24. The molecule has 3 rings (SSSR count). The number of rotatable bonds is 6. The average Bonchev–Trinajstić information content (AvgIpc) is 2.67. The molecule has 0 radical (unpaired) electrons. The van der Waals surface area contributed by atoms with Crippen LogP contribution in [0.3, 0.4) is 0 Å². The number of carbonyl (C=O) groups is 2. The molecule has 7 heteroatoms. The first kappa shape index (κ1) is 17.6. The summed E-state index contributed by atoms with van der Waals surface area (Å²) in [6.45, 7) is 1.40. The molecule has 0 atom stereocenters. The summed E-state index contributed by atoms with van der Waals surface area (Å²) in [5.74, 6) is 0.757. The predicted octanol–water partition coefficient (Wildman–Crippen LogP) is 1.65. The van der Waals surface area contributed by atoms with Gasteiger partial charge in [-0.05, 0) is 24.3 Å². The maximum absolute atomic E-state index is 12.3. The largest absolute Gasteiger partial charge is 0.493 e. The van der Waals surface area contributed by atoms with Gasteiger partial charge < -0.3 is 25.0 Å². The summed E-state index contributed by atoms with van der Waals surface area (Å²) < 4.78 is 10.8. The zero-order valence-corrected chi connectivity index (χ0v) is 14.5. The summed E-state index contributed by atoms with van der Waals surface area (Å²) in [6.07, 6.45) is 0. The topological polar surface area (TPSA) is 79.9 Å². The Morgan fingerprint density at radius 3 is 2.65 bits per heavy atom. The van der Waals surface area contributed by atoms with Gasteiger partial charge in [-0.15, -0.1) is 0 Å². The van der Waals surface area contributed by atoms with E-state index in [1.54, 1.807) is 19.2 Å². The minimum absolute atomic E-state index is 0.0307. The van der Waals surface area contributed by atoms with E-state index in [9.17, 15) is 9.59 Å². The van der Waals surface area contributed by atoms with Crippen LogP contribution < -0.4 is 25.0 Å². The number of anilines is 2. The molecule has 2 aromatic carbocycles. The number of amides is 2. The number of hydrogen-bond donors (Lipinski definition) is 2. The van der Waals surface area contributed by atoms with Crippen molar-refractivity contribution in [3.05, 3.63) is 48.5 Å². The number of ether oxygens (including phenoxy) is 2. The highest BCUT2D eigenvalue weighted by atomic mass is 16.5.